The molecule has 0 aromatic heterocycles. The molecule has 0 saturated carbocycles. The molecule has 0 aromatic carbocycles. The highest BCUT2D eigenvalue weighted by atomic mass is 16.2. The van der Waals surface area contributed by atoms with Gasteiger partial charge in [0.1, 0.15) is 0 Å². The maximum absolute atomic E-state index is 12.0. The topological polar surface area (TPSA) is 49.4 Å². The molecule has 4 nitrogen and oxygen atoms in total. The van der Waals surface area contributed by atoms with E-state index in [2.05, 4.69) is 19.2 Å². The van der Waals surface area contributed by atoms with E-state index in [0.29, 0.717) is 11.8 Å². The molecule has 1 atom stereocenters. The van der Waals surface area contributed by atoms with Gasteiger partial charge in [-0.25, -0.2) is 0 Å². The fourth-order valence-corrected chi connectivity index (χ4v) is 2.45. The molecule has 0 radical (unpaired) electrons. The van der Waals surface area contributed by atoms with Crippen LogP contribution in [-0.2, 0) is 9.59 Å². The van der Waals surface area contributed by atoms with E-state index < -0.39 is 5.41 Å². The lowest BCUT2D eigenvalue weighted by Gasteiger charge is -2.20. The average molecular weight is 268 g/mol. The summed E-state index contributed by atoms with van der Waals surface area (Å²) in [5.41, 5.74) is -0.439. The molecule has 1 fully saturated rings. The van der Waals surface area contributed by atoms with Crippen molar-refractivity contribution in [2.45, 2.75) is 47.5 Å². The van der Waals surface area contributed by atoms with Crippen molar-refractivity contribution in [2.75, 3.05) is 19.6 Å². The molecule has 19 heavy (non-hydrogen) atoms. The van der Waals surface area contributed by atoms with E-state index >= 15 is 0 Å². The van der Waals surface area contributed by atoms with E-state index in [-0.39, 0.29) is 18.4 Å². The van der Waals surface area contributed by atoms with Gasteiger partial charge in [-0.3, -0.25) is 9.59 Å². The summed E-state index contributed by atoms with van der Waals surface area (Å²) >= 11 is 0. The molecule has 1 aliphatic heterocycles. The third-order valence-electron chi connectivity index (χ3n) is 3.52. The largest absolute Gasteiger partial charge is 0.347 e. The lowest BCUT2D eigenvalue weighted by atomic mass is 9.96. The van der Waals surface area contributed by atoms with Crippen molar-refractivity contribution in [1.29, 1.82) is 0 Å². The Morgan fingerprint density at radius 2 is 1.95 bits per heavy atom. The van der Waals surface area contributed by atoms with Gasteiger partial charge >= 0.3 is 0 Å². The van der Waals surface area contributed by atoms with Crippen LogP contribution in [0.4, 0.5) is 0 Å². The second kappa shape index (κ2) is 6.40. The Hall–Kier alpha value is -1.06. The summed E-state index contributed by atoms with van der Waals surface area (Å²) in [7, 11) is 0. The van der Waals surface area contributed by atoms with Crippen LogP contribution in [-0.4, -0.2) is 36.3 Å². The van der Waals surface area contributed by atoms with Gasteiger partial charge in [0.2, 0.25) is 11.8 Å². The van der Waals surface area contributed by atoms with Gasteiger partial charge in [-0.2, -0.15) is 0 Å². The predicted octanol–water partition coefficient (Wildman–Crippen LogP) is 2.04. The highest BCUT2D eigenvalue weighted by molar-refractivity contribution is 5.87. The van der Waals surface area contributed by atoms with E-state index in [1.54, 1.807) is 0 Å². The molecule has 4 heteroatoms. The molecule has 110 valence electrons. The van der Waals surface area contributed by atoms with Crippen molar-refractivity contribution < 1.29 is 9.59 Å². The van der Waals surface area contributed by atoms with Gasteiger partial charge in [0, 0.05) is 18.5 Å². The summed E-state index contributed by atoms with van der Waals surface area (Å²) < 4.78 is 0. The summed E-state index contributed by atoms with van der Waals surface area (Å²) in [6.45, 7) is 11.8. The molecule has 0 spiro atoms. The molecular formula is C15H28N2O2. The van der Waals surface area contributed by atoms with Gasteiger partial charge in [0.25, 0.3) is 0 Å². The van der Waals surface area contributed by atoms with E-state index in [1.807, 2.05) is 25.7 Å². The van der Waals surface area contributed by atoms with Crippen molar-refractivity contribution in [1.82, 2.24) is 10.2 Å². The van der Waals surface area contributed by atoms with Crippen LogP contribution in [0.25, 0.3) is 0 Å². The van der Waals surface area contributed by atoms with Gasteiger partial charge in [0.15, 0.2) is 0 Å². The number of hydrogen-bond donors (Lipinski definition) is 1. The normalized spacial score (nSPS) is 19.9. The number of hydrogen-bond acceptors (Lipinski definition) is 2. The molecule has 1 saturated heterocycles. The number of rotatable bonds is 4. The number of nitrogens with one attached hydrogen (secondary N) is 1. The molecule has 0 aromatic rings. The molecule has 1 rings (SSSR count). The predicted molar refractivity (Wildman–Crippen MR) is 76.6 cm³/mol. The van der Waals surface area contributed by atoms with Crippen LogP contribution in [0.5, 0.6) is 0 Å². The number of amides is 2. The summed E-state index contributed by atoms with van der Waals surface area (Å²) in [6, 6.07) is 0. The van der Waals surface area contributed by atoms with Crippen LogP contribution in [0.1, 0.15) is 47.5 Å². The van der Waals surface area contributed by atoms with Crippen molar-refractivity contribution in [3.8, 4) is 0 Å². The van der Waals surface area contributed by atoms with Crippen molar-refractivity contribution in [3.63, 3.8) is 0 Å². The first-order valence-electron chi connectivity index (χ1n) is 7.26. The Bertz CT molecular complexity index is 332. The van der Waals surface area contributed by atoms with Gasteiger partial charge in [0.05, 0.1) is 6.54 Å². The van der Waals surface area contributed by atoms with E-state index in [0.717, 1.165) is 19.5 Å². The van der Waals surface area contributed by atoms with Crippen LogP contribution < -0.4 is 5.32 Å². The van der Waals surface area contributed by atoms with E-state index in [9.17, 15) is 9.59 Å². The molecule has 0 aliphatic carbocycles. The van der Waals surface area contributed by atoms with Gasteiger partial charge < -0.3 is 10.2 Å². The quantitative estimate of drug-likeness (QED) is 0.848. The Balaban J connectivity index is 2.34. The lowest BCUT2D eigenvalue weighted by Crippen LogP contribution is -2.42. The Kier molecular flexibility index (Phi) is 5.39. The summed E-state index contributed by atoms with van der Waals surface area (Å²) in [5.74, 6) is 1.28. The van der Waals surface area contributed by atoms with Crippen molar-refractivity contribution >= 4 is 11.8 Å². The Morgan fingerprint density at radius 1 is 1.32 bits per heavy atom. The Morgan fingerprint density at radius 3 is 2.47 bits per heavy atom. The van der Waals surface area contributed by atoms with Crippen molar-refractivity contribution in [2.24, 2.45) is 17.3 Å². The third-order valence-corrected chi connectivity index (χ3v) is 3.52. The summed E-state index contributed by atoms with van der Waals surface area (Å²) in [4.78, 5) is 25.6. The van der Waals surface area contributed by atoms with Crippen LogP contribution in [0.15, 0.2) is 0 Å². The SMILES string of the molecule is CC(C)CC1CCN(C(=O)CNC(=O)C(C)(C)C)C1. The van der Waals surface area contributed by atoms with Crippen LogP contribution in [0.3, 0.4) is 0 Å². The van der Waals surface area contributed by atoms with Crippen LogP contribution in [0.2, 0.25) is 0 Å². The minimum absolute atomic E-state index is 0.0452. The zero-order chi connectivity index (χ0) is 14.6. The molecule has 0 bridgehead atoms. The minimum Gasteiger partial charge on any atom is -0.347 e. The molecule has 1 N–H and O–H groups in total. The first-order chi connectivity index (χ1) is 8.70. The number of carbonyl (C=O) groups is 2. The monoisotopic (exact) mass is 268 g/mol. The van der Waals surface area contributed by atoms with Gasteiger partial charge in [-0.05, 0) is 24.7 Å². The highest BCUT2D eigenvalue weighted by Gasteiger charge is 2.27. The lowest BCUT2D eigenvalue weighted by molar-refractivity contribution is -0.134. The smallest absolute Gasteiger partial charge is 0.241 e. The van der Waals surface area contributed by atoms with E-state index in [1.165, 1.54) is 6.42 Å². The van der Waals surface area contributed by atoms with Gasteiger partial charge in [-0.15, -0.1) is 0 Å². The first-order valence-corrected chi connectivity index (χ1v) is 7.26. The fourth-order valence-electron chi connectivity index (χ4n) is 2.45. The molecule has 1 heterocycles. The van der Waals surface area contributed by atoms with Crippen LogP contribution >= 0.6 is 0 Å². The summed E-state index contributed by atoms with van der Waals surface area (Å²) in [6.07, 6.45) is 2.27. The van der Waals surface area contributed by atoms with Crippen LogP contribution in [0, 0.1) is 17.3 Å². The zero-order valence-electron chi connectivity index (χ0n) is 13.0. The maximum atomic E-state index is 12.0. The van der Waals surface area contributed by atoms with Gasteiger partial charge in [-0.1, -0.05) is 34.6 Å². The third kappa shape index (κ3) is 5.21. The Labute approximate surface area is 116 Å². The van der Waals surface area contributed by atoms with E-state index in [4.69, 9.17) is 0 Å². The fraction of sp³-hybridized carbons (Fsp3) is 0.867. The average Bonchev–Trinajstić information content (AvgIpc) is 2.71. The second-order valence-electron chi connectivity index (χ2n) is 7.06. The molecule has 2 amide bonds. The molecular weight excluding hydrogens is 240 g/mol. The highest BCUT2D eigenvalue weighted by Crippen LogP contribution is 2.23. The van der Waals surface area contributed by atoms with Crippen molar-refractivity contribution in [3.05, 3.63) is 0 Å². The maximum Gasteiger partial charge on any atom is 0.241 e. The standard InChI is InChI=1S/C15H28N2O2/c1-11(2)8-12-6-7-17(10-12)13(18)9-16-14(19)15(3,4)5/h11-12H,6-10H2,1-5H3,(H,16,19). The second-order valence-corrected chi connectivity index (χ2v) is 7.06. The zero-order valence-corrected chi connectivity index (χ0v) is 13.0. The molecule has 1 unspecified atom stereocenters. The first kappa shape index (κ1) is 16.0. The minimum atomic E-state index is -0.439. The number of carbonyl (C=O) groups excluding carboxylic acids is 2. The number of likely N-dealkylation sites (tertiary alicyclic amines) is 1. The number of nitrogens with zero attached hydrogens (tertiary/aromatic N) is 1. The summed E-state index contributed by atoms with van der Waals surface area (Å²) in [5, 5.41) is 2.72. The molecule has 1 aliphatic rings.